The molecule has 1 aliphatic carbocycles. The summed E-state index contributed by atoms with van der Waals surface area (Å²) in [4.78, 5) is 10.5. The first kappa shape index (κ1) is 14.3. The first-order chi connectivity index (χ1) is 11.1. The van der Waals surface area contributed by atoms with Crippen LogP contribution in [0.2, 0.25) is 5.02 Å². The van der Waals surface area contributed by atoms with Crippen LogP contribution in [0.25, 0.3) is 0 Å². The Bertz CT molecular complexity index is 801. The van der Waals surface area contributed by atoms with Gasteiger partial charge in [-0.05, 0) is 41.7 Å². The molecule has 5 heteroatoms. The highest BCUT2D eigenvalue weighted by molar-refractivity contribution is 6.30. The predicted octanol–water partition coefficient (Wildman–Crippen LogP) is 5.07. The van der Waals surface area contributed by atoms with Gasteiger partial charge >= 0.3 is 0 Å². The van der Waals surface area contributed by atoms with Crippen LogP contribution in [0.5, 0.6) is 0 Å². The third kappa shape index (κ3) is 2.39. The van der Waals surface area contributed by atoms with Crippen molar-refractivity contribution in [3.63, 3.8) is 0 Å². The molecule has 4 rings (SSSR count). The van der Waals surface area contributed by atoms with Crippen molar-refractivity contribution in [3.05, 3.63) is 80.9 Å². The maximum absolute atomic E-state index is 10.8. The summed E-state index contributed by atoms with van der Waals surface area (Å²) in [5.74, 6) is 0.743. The van der Waals surface area contributed by atoms with Gasteiger partial charge in [-0.25, -0.2) is 0 Å². The van der Waals surface area contributed by atoms with Gasteiger partial charge in [0.2, 0.25) is 0 Å². The summed E-state index contributed by atoms with van der Waals surface area (Å²) in [6.07, 6.45) is 5.45. The number of nitro groups is 1. The smallest absolute Gasteiger partial charge is 0.269 e. The second kappa shape index (κ2) is 5.39. The molecule has 0 saturated carbocycles. The molecule has 2 aliphatic rings. The molecular formula is C18H15ClN2O2. The lowest BCUT2D eigenvalue weighted by molar-refractivity contribution is -0.384. The van der Waals surface area contributed by atoms with E-state index >= 15 is 0 Å². The SMILES string of the molecule is O=[N+]([O-])c1ccc([C@@H]2Nc3ccc(Cl)cc3[C@@H]3C=CC[C@H]32)cc1. The Kier molecular flexibility index (Phi) is 3.34. The molecule has 23 heavy (non-hydrogen) atoms. The van der Waals surface area contributed by atoms with Crippen LogP contribution >= 0.6 is 11.6 Å². The quantitative estimate of drug-likeness (QED) is 0.476. The number of nitrogens with zero attached hydrogens (tertiary/aromatic N) is 1. The normalized spacial score (nSPS) is 24.7. The Morgan fingerprint density at radius 2 is 1.96 bits per heavy atom. The van der Waals surface area contributed by atoms with E-state index in [0.717, 1.165) is 22.7 Å². The Morgan fingerprint density at radius 3 is 2.70 bits per heavy atom. The topological polar surface area (TPSA) is 55.2 Å². The minimum atomic E-state index is -0.366. The van der Waals surface area contributed by atoms with Crippen molar-refractivity contribution in [1.29, 1.82) is 0 Å². The summed E-state index contributed by atoms with van der Waals surface area (Å²) in [7, 11) is 0. The van der Waals surface area contributed by atoms with Crippen LogP contribution in [-0.2, 0) is 0 Å². The highest BCUT2D eigenvalue weighted by atomic mass is 35.5. The molecule has 3 atom stereocenters. The van der Waals surface area contributed by atoms with Crippen LogP contribution in [0.3, 0.4) is 0 Å². The highest BCUT2D eigenvalue weighted by Crippen LogP contribution is 2.50. The zero-order valence-electron chi connectivity index (χ0n) is 12.3. The Hall–Kier alpha value is -2.33. The molecule has 2 aromatic carbocycles. The van der Waals surface area contributed by atoms with Gasteiger partial charge in [0.1, 0.15) is 0 Å². The molecule has 116 valence electrons. The molecule has 0 aromatic heterocycles. The highest BCUT2D eigenvalue weighted by Gasteiger charge is 2.37. The molecule has 0 spiro atoms. The number of nitrogens with one attached hydrogen (secondary N) is 1. The number of anilines is 1. The first-order valence-corrected chi connectivity index (χ1v) is 7.98. The molecule has 2 aromatic rings. The number of non-ortho nitro benzene ring substituents is 1. The van der Waals surface area contributed by atoms with Crippen LogP contribution in [0.1, 0.15) is 29.5 Å². The van der Waals surface area contributed by atoms with Crippen LogP contribution < -0.4 is 5.32 Å². The van der Waals surface area contributed by atoms with Crippen molar-refractivity contribution >= 4 is 23.0 Å². The summed E-state index contributed by atoms with van der Waals surface area (Å²) in [5, 5.41) is 15.2. The number of hydrogen-bond acceptors (Lipinski definition) is 3. The number of benzene rings is 2. The number of halogens is 1. The van der Waals surface area contributed by atoms with E-state index in [9.17, 15) is 10.1 Å². The lowest BCUT2D eigenvalue weighted by atomic mass is 9.77. The van der Waals surface area contributed by atoms with Crippen molar-refractivity contribution in [2.75, 3.05) is 5.32 Å². The molecule has 0 saturated heterocycles. The fraction of sp³-hybridized carbons (Fsp3) is 0.222. The third-order valence-electron chi connectivity index (χ3n) is 4.79. The van der Waals surface area contributed by atoms with Gasteiger partial charge in [-0.3, -0.25) is 10.1 Å². The lowest BCUT2D eigenvalue weighted by Crippen LogP contribution is -2.29. The average Bonchev–Trinajstić information content (AvgIpc) is 3.04. The largest absolute Gasteiger partial charge is 0.378 e. The maximum Gasteiger partial charge on any atom is 0.269 e. The monoisotopic (exact) mass is 326 g/mol. The second-order valence-electron chi connectivity index (χ2n) is 6.06. The Labute approximate surface area is 138 Å². The minimum absolute atomic E-state index is 0.123. The van der Waals surface area contributed by atoms with Gasteiger partial charge in [-0.15, -0.1) is 0 Å². The van der Waals surface area contributed by atoms with Gasteiger partial charge < -0.3 is 5.32 Å². The van der Waals surface area contributed by atoms with E-state index in [1.807, 2.05) is 30.3 Å². The van der Waals surface area contributed by atoms with Gasteiger partial charge in [0.25, 0.3) is 5.69 Å². The predicted molar refractivity (Wildman–Crippen MR) is 90.9 cm³/mol. The van der Waals surface area contributed by atoms with Crippen LogP contribution in [0, 0.1) is 16.0 Å². The van der Waals surface area contributed by atoms with Gasteiger partial charge in [-0.1, -0.05) is 35.9 Å². The third-order valence-corrected chi connectivity index (χ3v) is 5.02. The summed E-state index contributed by atoms with van der Waals surface area (Å²) < 4.78 is 0. The van der Waals surface area contributed by atoms with Gasteiger partial charge in [0.05, 0.1) is 11.0 Å². The lowest BCUT2D eigenvalue weighted by Gasteiger charge is -2.37. The summed E-state index contributed by atoms with van der Waals surface area (Å²) in [5.41, 5.74) is 3.52. The standard InChI is InChI=1S/C18H15ClN2O2/c19-12-6-9-17-16(10-12)14-2-1-3-15(14)18(20-17)11-4-7-13(8-5-11)21(22)23/h1-2,4-10,14-15,18,20H,3H2/t14-,15-,18+/m1/s1. The van der Waals surface area contributed by atoms with Crippen molar-refractivity contribution in [2.24, 2.45) is 5.92 Å². The van der Waals surface area contributed by atoms with E-state index in [1.165, 1.54) is 5.56 Å². The Balaban J connectivity index is 1.73. The summed E-state index contributed by atoms with van der Waals surface area (Å²) in [6, 6.07) is 12.9. The number of fused-ring (bicyclic) bond motifs is 3. The van der Waals surface area contributed by atoms with E-state index in [4.69, 9.17) is 11.6 Å². The first-order valence-electron chi connectivity index (χ1n) is 7.60. The molecule has 1 N–H and O–H groups in total. The molecule has 0 fully saturated rings. The molecule has 4 nitrogen and oxygen atoms in total. The molecule has 1 heterocycles. The summed E-state index contributed by atoms with van der Waals surface area (Å²) >= 11 is 6.15. The van der Waals surface area contributed by atoms with E-state index in [-0.39, 0.29) is 16.7 Å². The fourth-order valence-corrected chi connectivity index (χ4v) is 3.88. The zero-order valence-corrected chi connectivity index (χ0v) is 13.0. The van der Waals surface area contributed by atoms with E-state index in [2.05, 4.69) is 17.5 Å². The van der Waals surface area contributed by atoms with Gasteiger partial charge in [0, 0.05) is 28.8 Å². The summed E-state index contributed by atoms with van der Waals surface area (Å²) in [6.45, 7) is 0. The number of rotatable bonds is 2. The molecule has 0 unspecified atom stereocenters. The maximum atomic E-state index is 10.8. The number of allylic oxidation sites excluding steroid dienone is 2. The molecule has 1 aliphatic heterocycles. The average molecular weight is 327 g/mol. The number of nitro benzene ring substituents is 1. The molecule has 0 amide bonds. The van der Waals surface area contributed by atoms with E-state index < -0.39 is 0 Å². The van der Waals surface area contributed by atoms with Crippen LogP contribution in [0.4, 0.5) is 11.4 Å². The van der Waals surface area contributed by atoms with E-state index in [1.54, 1.807) is 12.1 Å². The van der Waals surface area contributed by atoms with Crippen LogP contribution in [0.15, 0.2) is 54.6 Å². The fourth-order valence-electron chi connectivity index (χ4n) is 3.70. The second-order valence-corrected chi connectivity index (χ2v) is 6.49. The number of hydrogen-bond donors (Lipinski definition) is 1. The van der Waals surface area contributed by atoms with Crippen molar-refractivity contribution in [1.82, 2.24) is 0 Å². The zero-order chi connectivity index (χ0) is 16.0. The van der Waals surface area contributed by atoms with Crippen molar-refractivity contribution < 1.29 is 4.92 Å². The van der Waals surface area contributed by atoms with Crippen LogP contribution in [-0.4, -0.2) is 4.92 Å². The molecular weight excluding hydrogens is 312 g/mol. The minimum Gasteiger partial charge on any atom is -0.378 e. The Morgan fingerprint density at radius 1 is 1.17 bits per heavy atom. The van der Waals surface area contributed by atoms with Crippen molar-refractivity contribution in [2.45, 2.75) is 18.4 Å². The van der Waals surface area contributed by atoms with Crippen molar-refractivity contribution in [3.8, 4) is 0 Å². The molecule has 0 radical (unpaired) electrons. The van der Waals surface area contributed by atoms with E-state index in [0.29, 0.717) is 11.8 Å². The van der Waals surface area contributed by atoms with Gasteiger partial charge in [0.15, 0.2) is 0 Å². The molecule has 0 bridgehead atoms. The van der Waals surface area contributed by atoms with Gasteiger partial charge in [-0.2, -0.15) is 0 Å².